The Kier molecular flexibility index (Phi) is 8.60. The van der Waals surface area contributed by atoms with Crippen molar-refractivity contribution in [2.75, 3.05) is 19.6 Å². The number of hydroxylamine groups is 2. The molecule has 1 aromatic heterocycles. The first-order valence-electron chi connectivity index (χ1n) is 13.2. The Morgan fingerprint density at radius 2 is 1.95 bits per heavy atom. The molecule has 1 saturated carbocycles. The van der Waals surface area contributed by atoms with E-state index in [2.05, 4.69) is 10.6 Å². The Morgan fingerprint density at radius 1 is 1.19 bits per heavy atom. The van der Waals surface area contributed by atoms with Gasteiger partial charge in [-0.2, -0.15) is 4.48 Å². The molecule has 10 heteroatoms. The zero-order chi connectivity index (χ0) is 26.4. The molecule has 0 spiro atoms. The molecular formula is C27H37N4O6+. The van der Waals surface area contributed by atoms with Gasteiger partial charge in [-0.1, -0.05) is 43.9 Å². The second-order valence-electron chi connectivity index (χ2n) is 10.4. The van der Waals surface area contributed by atoms with Crippen molar-refractivity contribution < 1.29 is 33.3 Å². The summed E-state index contributed by atoms with van der Waals surface area (Å²) in [5.41, 5.74) is 0.772. The molecule has 6 amide bonds. The number of nitrogens with one attached hydrogen (secondary N) is 2. The van der Waals surface area contributed by atoms with E-state index in [1.165, 1.54) is 0 Å². The number of imide groups is 2. The van der Waals surface area contributed by atoms with E-state index in [1.807, 2.05) is 37.3 Å². The van der Waals surface area contributed by atoms with E-state index < -0.39 is 22.5 Å². The molecule has 3 N–H and O–H groups in total. The van der Waals surface area contributed by atoms with Gasteiger partial charge in [0.25, 0.3) is 0 Å². The van der Waals surface area contributed by atoms with Crippen molar-refractivity contribution in [3.63, 3.8) is 0 Å². The van der Waals surface area contributed by atoms with Gasteiger partial charge in [0.2, 0.25) is 6.41 Å². The fourth-order valence-electron chi connectivity index (χ4n) is 6.00. The van der Waals surface area contributed by atoms with E-state index in [0.29, 0.717) is 36.7 Å². The summed E-state index contributed by atoms with van der Waals surface area (Å²) in [6, 6.07) is 7.90. The summed E-state index contributed by atoms with van der Waals surface area (Å²) in [5.74, 6) is 0.000790. The molecule has 1 aliphatic carbocycles. The van der Waals surface area contributed by atoms with Crippen LogP contribution in [-0.4, -0.2) is 64.8 Å². The molecule has 1 saturated heterocycles. The minimum atomic E-state index is -0.694. The molecule has 2 fully saturated rings. The Hall–Kier alpha value is -3.24. The van der Waals surface area contributed by atoms with Gasteiger partial charge in [0.1, 0.15) is 17.4 Å². The number of hydrogen-bond donors (Lipinski definition) is 3. The molecule has 37 heavy (non-hydrogen) atoms. The zero-order valence-electron chi connectivity index (χ0n) is 21.4. The topological polar surface area (TPSA) is 129 Å². The number of benzene rings is 1. The van der Waals surface area contributed by atoms with Crippen LogP contribution in [0.3, 0.4) is 0 Å². The molecule has 1 unspecified atom stereocenters. The third-order valence-electron chi connectivity index (χ3n) is 7.97. The lowest BCUT2D eigenvalue weighted by Gasteiger charge is -2.36. The van der Waals surface area contributed by atoms with Crippen LogP contribution in [0.25, 0.3) is 11.0 Å². The van der Waals surface area contributed by atoms with Crippen molar-refractivity contribution in [2.24, 2.45) is 11.8 Å². The first kappa shape index (κ1) is 26.8. The number of furan rings is 1. The van der Waals surface area contributed by atoms with Gasteiger partial charge in [0.15, 0.2) is 0 Å². The van der Waals surface area contributed by atoms with Crippen molar-refractivity contribution in [2.45, 2.75) is 64.3 Å². The molecule has 3 atom stereocenters. The van der Waals surface area contributed by atoms with Gasteiger partial charge < -0.3 is 9.73 Å². The summed E-state index contributed by atoms with van der Waals surface area (Å²) in [5, 5.41) is 16.4. The third kappa shape index (κ3) is 6.02. The molecule has 200 valence electrons. The largest absolute Gasteiger partial charge is 0.461 e. The molecule has 10 nitrogen and oxygen atoms in total. The lowest BCUT2D eigenvalue weighted by molar-refractivity contribution is -0.786. The smallest absolute Gasteiger partial charge is 0.432 e. The first-order chi connectivity index (χ1) is 17.8. The molecular weight excluding hydrogens is 476 g/mol. The fourth-order valence-corrected chi connectivity index (χ4v) is 6.00. The number of hydrogen-bond acceptors (Lipinski definition) is 6. The van der Waals surface area contributed by atoms with Crippen LogP contribution >= 0.6 is 0 Å². The highest BCUT2D eigenvalue weighted by Crippen LogP contribution is 2.35. The van der Waals surface area contributed by atoms with Crippen molar-refractivity contribution in [1.82, 2.24) is 15.7 Å². The molecule has 1 aromatic carbocycles. The maximum Gasteiger partial charge on any atom is 0.432 e. The maximum atomic E-state index is 13.9. The second kappa shape index (κ2) is 11.9. The SMILES string of the molecule is C[C@@H]1CCC[N+]1(C(=O)NC(=O)NCCc1cc2ccccc2o1)C(=O)[C@H](CC1CCCC1)CN(O)C=O. The Bertz CT molecular complexity index is 1090. The molecule has 0 radical (unpaired) electrons. The van der Waals surface area contributed by atoms with E-state index in [-0.39, 0.29) is 38.0 Å². The molecule has 0 bridgehead atoms. The van der Waals surface area contributed by atoms with Crippen molar-refractivity contribution in [1.29, 1.82) is 0 Å². The zero-order valence-corrected chi connectivity index (χ0v) is 21.4. The average molecular weight is 514 g/mol. The summed E-state index contributed by atoms with van der Waals surface area (Å²) in [7, 11) is 0. The number of likely N-dealkylation sites (tertiary alicyclic amines) is 1. The highest BCUT2D eigenvalue weighted by molar-refractivity contribution is 5.95. The van der Waals surface area contributed by atoms with E-state index in [0.717, 1.165) is 42.4 Å². The van der Waals surface area contributed by atoms with Gasteiger partial charge in [-0.05, 0) is 31.4 Å². The van der Waals surface area contributed by atoms with Crippen LogP contribution in [0.5, 0.6) is 0 Å². The highest BCUT2D eigenvalue weighted by atomic mass is 16.5. The van der Waals surface area contributed by atoms with Gasteiger partial charge in [0.05, 0.1) is 19.0 Å². The number of amides is 6. The average Bonchev–Trinajstić information content (AvgIpc) is 3.63. The van der Waals surface area contributed by atoms with Crippen LogP contribution in [0, 0.1) is 11.8 Å². The van der Waals surface area contributed by atoms with Gasteiger partial charge in [0, 0.05) is 31.2 Å². The summed E-state index contributed by atoms with van der Waals surface area (Å²) < 4.78 is 5.26. The second-order valence-corrected chi connectivity index (χ2v) is 10.4. The van der Waals surface area contributed by atoms with Crippen LogP contribution in [0.2, 0.25) is 0 Å². The van der Waals surface area contributed by atoms with E-state index in [9.17, 15) is 24.4 Å². The number of carbonyl (C=O) groups excluding carboxylic acids is 4. The first-order valence-corrected chi connectivity index (χ1v) is 13.2. The number of rotatable bonds is 9. The molecule has 1 aliphatic heterocycles. The molecule has 2 heterocycles. The lowest BCUT2D eigenvalue weighted by atomic mass is 9.91. The minimum Gasteiger partial charge on any atom is -0.461 e. The monoisotopic (exact) mass is 513 g/mol. The number of urea groups is 2. The third-order valence-corrected chi connectivity index (χ3v) is 7.97. The summed E-state index contributed by atoms with van der Waals surface area (Å²) in [6.45, 7) is 2.22. The van der Waals surface area contributed by atoms with Crippen LogP contribution in [0.1, 0.15) is 57.6 Å². The lowest BCUT2D eigenvalue weighted by Crippen LogP contribution is -2.66. The maximum absolute atomic E-state index is 13.9. The molecule has 2 aliphatic rings. The Labute approximate surface area is 216 Å². The van der Waals surface area contributed by atoms with Crippen molar-refractivity contribution >= 4 is 35.3 Å². The van der Waals surface area contributed by atoms with Crippen molar-refractivity contribution in [3.05, 3.63) is 36.1 Å². The quantitative estimate of drug-likeness (QED) is 0.201. The number of quaternary nitrogens is 1. The van der Waals surface area contributed by atoms with E-state index >= 15 is 0 Å². The van der Waals surface area contributed by atoms with Gasteiger partial charge in [-0.3, -0.25) is 10.0 Å². The minimum absolute atomic E-state index is 0.164. The number of fused-ring (bicyclic) bond motifs is 1. The van der Waals surface area contributed by atoms with Gasteiger partial charge in [-0.25, -0.2) is 24.8 Å². The Morgan fingerprint density at radius 3 is 2.62 bits per heavy atom. The molecule has 4 rings (SSSR count). The number of nitrogens with zero attached hydrogens (tertiary/aromatic N) is 2. The normalized spacial score (nSPS) is 22.6. The van der Waals surface area contributed by atoms with Crippen LogP contribution in [0.15, 0.2) is 34.7 Å². The summed E-state index contributed by atoms with van der Waals surface area (Å²) >= 11 is 0. The number of carbonyl (C=O) groups is 4. The van der Waals surface area contributed by atoms with Gasteiger partial charge >= 0.3 is 18.0 Å². The predicted molar refractivity (Wildman–Crippen MR) is 135 cm³/mol. The van der Waals surface area contributed by atoms with E-state index in [1.54, 1.807) is 0 Å². The molecule has 2 aromatic rings. The predicted octanol–water partition coefficient (Wildman–Crippen LogP) is 3.96. The van der Waals surface area contributed by atoms with Gasteiger partial charge in [-0.15, -0.1) is 0 Å². The van der Waals surface area contributed by atoms with Crippen LogP contribution in [0.4, 0.5) is 9.59 Å². The highest BCUT2D eigenvalue weighted by Gasteiger charge is 2.55. The standard InChI is InChI=1S/C27H36N4O6/c1-19-7-6-14-31(19,25(33)22(17-30(36)18-32)15-20-8-2-3-9-20)27(35)29-26(34)28-13-12-23-16-21-10-4-5-11-24(21)37-23/h4-5,10-11,16,18-20,22,36H,2-3,6-9,12-15,17H2,1H3,(H-,28,29,34,35)/p+1/t19-,22-,31?/m1/s1. The number of para-hydroxylation sites is 1. The van der Waals surface area contributed by atoms with E-state index in [4.69, 9.17) is 4.42 Å². The summed E-state index contributed by atoms with van der Waals surface area (Å²) in [4.78, 5) is 51.2. The van der Waals surface area contributed by atoms with Crippen molar-refractivity contribution in [3.8, 4) is 0 Å². The van der Waals surface area contributed by atoms with Crippen LogP contribution < -0.4 is 10.6 Å². The summed E-state index contributed by atoms with van der Waals surface area (Å²) in [6.07, 6.45) is 6.74. The Balaban J connectivity index is 1.41. The van der Waals surface area contributed by atoms with Crippen LogP contribution in [-0.2, 0) is 16.0 Å². The fraction of sp³-hybridized carbons (Fsp3) is 0.556.